The minimum atomic E-state index is -0.290. The summed E-state index contributed by atoms with van der Waals surface area (Å²) in [5.41, 5.74) is 8.37. The maximum absolute atomic E-state index is 12.1. The van der Waals surface area contributed by atoms with E-state index >= 15 is 0 Å². The van der Waals surface area contributed by atoms with E-state index in [-0.39, 0.29) is 11.6 Å². The molecule has 0 saturated heterocycles. The van der Waals surface area contributed by atoms with Gasteiger partial charge in [-0.3, -0.25) is 4.79 Å². The molecule has 0 spiro atoms. The second kappa shape index (κ2) is 7.19. The van der Waals surface area contributed by atoms with Crippen LogP contribution in [0.2, 0.25) is 5.02 Å². The number of oxazole rings is 1. The van der Waals surface area contributed by atoms with Gasteiger partial charge in [0.1, 0.15) is 6.26 Å². The normalized spacial score (nSPS) is 10.5. The van der Waals surface area contributed by atoms with Crippen LogP contribution in [0.1, 0.15) is 16.1 Å². The van der Waals surface area contributed by atoms with Crippen LogP contribution in [-0.2, 0) is 6.42 Å². The molecule has 6 heteroatoms. The van der Waals surface area contributed by atoms with Crippen molar-refractivity contribution in [3.05, 3.63) is 71.1 Å². The lowest BCUT2D eigenvalue weighted by molar-refractivity contribution is 0.0949. The molecule has 3 N–H and O–H groups in total. The Hall–Kier alpha value is -2.79. The third kappa shape index (κ3) is 3.75. The van der Waals surface area contributed by atoms with E-state index in [2.05, 4.69) is 10.3 Å². The van der Waals surface area contributed by atoms with Crippen molar-refractivity contribution in [3.8, 4) is 11.5 Å². The summed E-state index contributed by atoms with van der Waals surface area (Å²) in [7, 11) is 0. The van der Waals surface area contributed by atoms with Gasteiger partial charge in [0, 0.05) is 17.3 Å². The highest BCUT2D eigenvalue weighted by molar-refractivity contribution is 6.30. The predicted molar refractivity (Wildman–Crippen MR) is 93.8 cm³/mol. The number of halogens is 1. The molecule has 0 bridgehead atoms. The fourth-order valence-electron chi connectivity index (χ4n) is 2.30. The van der Waals surface area contributed by atoms with Crippen molar-refractivity contribution >= 4 is 23.2 Å². The lowest BCUT2D eigenvalue weighted by Crippen LogP contribution is -2.25. The van der Waals surface area contributed by atoms with Crippen LogP contribution in [0.5, 0.6) is 0 Å². The molecular weight excluding hydrogens is 326 g/mol. The van der Waals surface area contributed by atoms with Crippen LogP contribution < -0.4 is 11.1 Å². The summed E-state index contributed by atoms with van der Waals surface area (Å²) in [6, 6.07) is 14.7. The molecule has 0 radical (unpaired) electrons. The Labute approximate surface area is 144 Å². The van der Waals surface area contributed by atoms with Crippen molar-refractivity contribution < 1.29 is 9.21 Å². The minimum Gasteiger partial charge on any atom is -0.444 e. The van der Waals surface area contributed by atoms with Crippen LogP contribution in [-0.4, -0.2) is 17.4 Å². The zero-order chi connectivity index (χ0) is 16.9. The minimum absolute atomic E-state index is 0.222. The van der Waals surface area contributed by atoms with Crippen molar-refractivity contribution in [2.45, 2.75) is 6.42 Å². The van der Waals surface area contributed by atoms with E-state index in [1.165, 1.54) is 6.26 Å². The molecule has 1 heterocycles. The first-order valence-electron chi connectivity index (χ1n) is 7.46. The lowest BCUT2D eigenvalue weighted by atomic mass is 10.1. The molecule has 3 rings (SSSR count). The number of nitrogens with zero attached hydrogens (tertiary/aromatic N) is 1. The van der Waals surface area contributed by atoms with Crippen molar-refractivity contribution in [3.63, 3.8) is 0 Å². The van der Waals surface area contributed by atoms with Gasteiger partial charge in [0.15, 0.2) is 5.69 Å². The van der Waals surface area contributed by atoms with E-state index in [1.807, 2.05) is 36.4 Å². The number of benzene rings is 2. The number of anilines is 1. The average molecular weight is 342 g/mol. The largest absolute Gasteiger partial charge is 0.444 e. The van der Waals surface area contributed by atoms with Crippen molar-refractivity contribution in [1.29, 1.82) is 0 Å². The third-order valence-electron chi connectivity index (χ3n) is 3.52. The lowest BCUT2D eigenvalue weighted by Gasteiger charge is -2.03. The van der Waals surface area contributed by atoms with Gasteiger partial charge in [-0.25, -0.2) is 4.98 Å². The molecular formula is C18H16ClN3O2. The van der Waals surface area contributed by atoms with E-state index in [1.54, 1.807) is 12.1 Å². The average Bonchev–Trinajstić information content (AvgIpc) is 3.05. The number of rotatable bonds is 5. The van der Waals surface area contributed by atoms with Crippen LogP contribution in [0.4, 0.5) is 5.69 Å². The maximum Gasteiger partial charge on any atom is 0.273 e. The standard InChI is InChI=1S/C18H16ClN3O2/c19-13-5-3-4-12(10-13)8-9-21-17(23)16-11-24-18(22-16)14-6-1-2-7-15(14)20/h1-7,10-11H,8-9,20H2,(H,21,23). The van der Waals surface area contributed by atoms with Gasteiger partial charge in [-0.2, -0.15) is 0 Å². The quantitative estimate of drug-likeness (QED) is 0.695. The van der Waals surface area contributed by atoms with Crippen LogP contribution in [0.25, 0.3) is 11.5 Å². The Morgan fingerprint density at radius 1 is 1.21 bits per heavy atom. The molecule has 1 aromatic heterocycles. The second-order valence-electron chi connectivity index (χ2n) is 5.26. The number of carbonyl (C=O) groups excluding carboxylic acids is 1. The van der Waals surface area contributed by atoms with E-state index in [4.69, 9.17) is 21.8 Å². The van der Waals surface area contributed by atoms with Crippen LogP contribution in [0.15, 0.2) is 59.2 Å². The van der Waals surface area contributed by atoms with Gasteiger partial charge < -0.3 is 15.5 Å². The van der Waals surface area contributed by atoms with Gasteiger partial charge in [-0.05, 0) is 36.2 Å². The number of nitrogens with one attached hydrogen (secondary N) is 1. The fourth-order valence-corrected chi connectivity index (χ4v) is 2.51. The molecule has 0 aliphatic heterocycles. The topological polar surface area (TPSA) is 81.1 Å². The first-order valence-corrected chi connectivity index (χ1v) is 7.84. The van der Waals surface area contributed by atoms with Crippen molar-refractivity contribution in [2.24, 2.45) is 0 Å². The number of para-hydroxylation sites is 1. The zero-order valence-corrected chi connectivity index (χ0v) is 13.6. The van der Waals surface area contributed by atoms with Gasteiger partial charge >= 0.3 is 0 Å². The zero-order valence-electron chi connectivity index (χ0n) is 12.8. The molecule has 0 aliphatic carbocycles. The van der Waals surface area contributed by atoms with E-state index in [9.17, 15) is 4.79 Å². The maximum atomic E-state index is 12.1. The molecule has 0 aliphatic rings. The number of nitrogens with two attached hydrogens (primary N) is 1. The molecule has 5 nitrogen and oxygen atoms in total. The van der Waals surface area contributed by atoms with Crippen LogP contribution in [0.3, 0.4) is 0 Å². The molecule has 1 amide bonds. The Kier molecular flexibility index (Phi) is 4.82. The predicted octanol–water partition coefficient (Wildman–Crippen LogP) is 3.55. The summed E-state index contributed by atoms with van der Waals surface area (Å²) >= 11 is 5.94. The number of aromatic nitrogens is 1. The summed E-state index contributed by atoms with van der Waals surface area (Å²) in [6.45, 7) is 0.481. The first-order chi connectivity index (χ1) is 11.6. The van der Waals surface area contributed by atoms with Crippen molar-refractivity contribution in [2.75, 3.05) is 12.3 Å². The Bertz CT molecular complexity index is 861. The summed E-state index contributed by atoms with van der Waals surface area (Å²) in [4.78, 5) is 16.3. The second-order valence-corrected chi connectivity index (χ2v) is 5.70. The van der Waals surface area contributed by atoms with Gasteiger partial charge in [0.25, 0.3) is 5.91 Å². The van der Waals surface area contributed by atoms with Crippen molar-refractivity contribution in [1.82, 2.24) is 10.3 Å². The van der Waals surface area contributed by atoms with E-state index in [0.29, 0.717) is 35.1 Å². The molecule has 122 valence electrons. The van der Waals surface area contributed by atoms with Gasteiger partial charge in [-0.1, -0.05) is 35.9 Å². The Morgan fingerprint density at radius 2 is 2.04 bits per heavy atom. The number of carbonyl (C=O) groups is 1. The molecule has 0 atom stereocenters. The summed E-state index contributed by atoms with van der Waals surface area (Å²) in [5.74, 6) is 0.0367. The van der Waals surface area contributed by atoms with E-state index < -0.39 is 0 Å². The highest BCUT2D eigenvalue weighted by Gasteiger charge is 2.14. The SMILES string of the molecule is Nc1ccccc1-c1nc(C(=O)NCCc2cccc(Cl)c2)co1. The number of hydrogen-bond acceptors (Lipinski definition) is 4. The number of nitrogen functional groups attached to an aromatic ring is 1. The van der Waals surface area contributed by atoms with Crippen LogP contribution in [0, 0.1) is 0 Å². The summed E-state index contributed by atoms with van der Waals surface area (Å²) in [5, 5.41) is 3.49. The van der Waals surface area contributed by atoms with E-state index in [0.717, 1.165) is 5.56 Å². The number of amides is 1. The van der Waals surface area contributed by atoms with Gasteiger partial charge in [0.05, 0.1) is 5.56 Å². The molecule has 0 fully saturated rings. The fraction of sp³-hybridized carbons (Fsp3) is 0.111. The van der Waals surface area contributed by atoms with Crippen LogP contribution >= 0.6 is 11.6 Å². The summed E-state index contributed by atoms with van der Waals surface area (Å²) in [6.07, 6.45) is 2.01. The Morgan fingerprint density at radius 3 is 2.83 bits per heavy atom. The molecule has 0 unspecified atom stereocenters. The Balaban J connectivity index is 1.61. The van der Waals surface area contributed by atoms with Gasteiger partial charge in [-0.15, -0.1) is 0 Å². The number of hydrogen-bond donors (Lipinski definition) is 2. The molecule has 3 aromatic rings. The first kappa shape index (κ1) is 16.1. The molecule has 0 saturated carbocycles. The summed E-state index contributed by atoms with van der Waals surface area (Å²) < 4.78 is 5.36. The van der Waals surface area contributed by atoms with Gasteiger partial charge in [0.2, 0.25) is 5.89 Å². The third-order valence-corrected chi connectivity index (χ3v) is 3.75. The highest BCUT2D eigenvalue weighted by atomic mass is 35.5. The highest BCUT2D eigenvalue weighted by Crippen LogP contribution is 2.24. The monoisotopic (exact) mass is 341 g/mol. The smallest absolute Gasteiger partial charge is 0.273 e. The molecule has 24 heavy (non-hydrogen) atoms. The molecule has 2 aromatic carbocycles.